The largest absolute Gasteiger partial charge is 0.356 e. The fourth-order valence-corrected chi connectivity index (χ4v) is 2.75. The second-order valence-corrected chi connectivity index (χ2v) is 6.61. The summed E-state index contributed by atoms with van der Waals surface area (Å²) >= 11 is 0. The van der Waals surface area contributed by atoms with Crippen molar-refractivity contribution in [1.82, 2.24) is 15.5 Å². The van der Waals surface area contributed by atoms with Gasteiger partial charge in [-0.05, 0) is 50.2 Å². The smallest absolute Gasteiger partial charge is 0.191 e. The Kier molecular flexibility index (Phi) is 8.09. The third-order valence-corrected chi connectivity index (χ3v) is 4.06. The van der Waals surface area contributed by atoms with Gasteiger partial charge in [0.2, 0.25) is 0 Å². The number of benzene rings is 2. The Morgan fingerprint density at radius 1 is 1.04 bits per heavy atom. The van der Waals surface area contributed by atoms with Crippen molar-refractivity contribution in [3.8, 4) is 0 Å². The number of halogens is 1. The predicted octanol–water partition coefficient (Wildman–Crippen LogP) is 3.19. The van der Waals surface area contributed by atoms with E-state index in [2.05, 4.69) is 39.9 Å². The van der Waals surface area contributed by atoms with Gasteiger partial charge in [0, 0.05) is 32.2 Å². The molecule has 2 rings (SSSR count). The number of aryl methyl sites for hydroxylation is 1. The van der Waals surface area contributed by atoms with Gasteiger partial charge in [-0.2, -0.15) is 0 Å². The summed E-state index contributed by atoms with van der Waals surface area (Å²) in [6, 6.07) is 15.7. The SMILES string of the molecule is CN=C(NCCCc1ccccc1)NCc1ccc(F)c(CN(C)C)c1. The summed E-state index contributed by atoms with van der Waals surface area (Å²) in [5.74, 6) is 0.599. The average molecular weight is 356 g/mol. The van der Waals surface area contributed by atoms with Crippen molar-refractivity contribution in [1.29, 1.82) is 0 Å². The van der Waals surface area contributed by atoms with Gasteiger partial charge in [0.1, 0.15) is 5.82 Å². The van der Waals surface area contributed by atoms with Crippen LogP contribution in [0.2, 0.25) is 0 Å². The monoisotopic (exact) mass is 356 g/mol. The van der Waals surface area contributed by atoms with Crippen LogP contribution in [-0.4, -0.2) is 38.5 Å². The van der Waals surface area contributed by atoms with Crippen molar-refractivity contribution in [3.05, 3.63) is 71.0 Å². The lowest BCUT2D eigenvalue weighted by Crippen LogP contribution is -2.37. The number of hydrogen-bond donors (Lipinski definition) is 2. The molecular formula is C21H29FN4. The maximum Gasteiger partial charge on any atom is 0.191 e. The van der Waals surface area contributed by atoms with Crippen LogP contribution in [0.3, 0.4) is 0 Å². The highest BCUT2D eigenvalue weighted by molar-refractivity contribution is 5.79. The standard InChI is InChI=1S/C21H29FN4/c1-23-21(24-13-7-10-17-8-5-4-6-9-17)25-15-18-11-12-20(22)19(14-18)16-26(2)3/h4-6,8-9,11-12,14H,7,10,13,15-16H2,1-3H3,(H2,23,24,25). The van der Waals surface area contributed by atoms with Crippen LogP contribution in [0.1, 0.15) is 23.1 Å². The highest BCUT2D eigenvalue weighted by Gasteiger charge is 2.06. The lowest BCUT2D eigenvalue weighted by molar-refractivity contribution is 0.392. The van der Waals surface area contributed by atoms with Gasteiger partial charge in [-0.3, -0.25) is 4.99 Å². The molecule has 140 valence electrons. The van der Waals surface area contributed by atoms with Gasteiger partial charge < -0.3 is 15.5 Å². The van der Waals surface area contributed by atoms with E-state index in [4.69, 9.17) is 0 Å². The maximum absolute atomic E-state index is 13.9. The molecular weight excluding hydrogens is 327 g/mol. The number of nitrogens with one attached hydrogen (secondary N) is 2. The zero-order valence-electron chi connectivity index (χ0n) is 15.9. The average Bonchev–Trinajstić information content (AvgIpc) is 2.64. The highest BCUT2D eigenvalue weighted by atomic mass is 19.1. The molecule has 2 aromatic rings. The minimum absolute atomic E-state index is 0.161. The topological polar surface area (TPSA) is 39.7 Å². The van der Waals surface area contributed by atoms with Crippen molar-refractivity contribution >= 4 is 5.96 Å². The van der Waals surface area contributed by atoms with Crippen molar-refractivity contribution in [3.63, 3.8) is 0 Å². The normalized spacial score (nSPS) is 11.7. The summed E-state index contributed by atoms with van der Waals surface area (Å²) in [6.45, 7) is 2.05. The highest BCUT2D eigenvalue weighted by Crippen LogP contribution is 2.12. The summed E-state index contributed by atoms with van der Waals surface area (Å²) in [7, 11) is 5.63. The van der Waals surface area contributed by atoms with E-state index in [1.54, 1.807) is 7.05 Å². The third-order valence-electron chi connectivity index (χ3n) is 4.06. The van der Waals surface area contributed by atoms with Crippen LogP contribution in [0.25, 0.3) is 0 Å². The van der Waals surface area contributed by atoms with Crippen LogP contribution in [0, 0.1) is 5.82 Å². The molecule has 0 saturated carbocycles. The Morgan fingerprint density at radius 2 is 1.81 bits per heavy atom. The van der Waals surface area contributed by atoms with E-state index in [-0.39, 0.29) is 5.82 Å². The molecule has 0 aliphatic heterocycles. The van der Waals surface area contributed by atoms with Gasteiger partial charge in [-0.1, -0.05) is 36.4 Å². The van der Waals surface area contributed by atoms with Gasteiger partial charge in [0.25, 0.3) is 0 Å². The molecule has 0 fully saturated rings. The molecule has 26 heavy (non-hydrogen) atoms. The maximum atomic E-state index is 13.9. The van der Waals surface area contributed by atoms with Gasteiger partial charge in [-0.25, -0.2) is 4.39 Å². The Hall–Kier alpha value is -2.40. The molecule has 0 aromatic heterocycles. The molecule has 0 atom stereocenters. The van der Waals surface area contributed by atoms with Crippen LogP contribution >= 0.6 is 0 Å². The fourth-order valence-electron chi connectivity index (χ4n) is 2.75. The summed E-state index contributed by atoms with van der Waals surface area (Å²) in [5.41, 5.74) is 3.09. The molecule has 0 bridgehead atoms. The first-order valence-electron chi connectivity index (χ1n) is 8.99. The molecule has 0 spiro atoms. The van der Waals surface area contributed by atoms with Crippen molar-refractivity contribution < 1.29 is 4.39 Å². The zero-order valence-corrected chi connectivity index (χ0v) is 15.9. The summed E-state index contributed by atoms with van der Waals surface area (Å²) in [4.78, 5) is 6.21. The molecule has 4 nitrogen and oxygen atoms in total. The molecule has 0 radical (unpaired) electrons. The quantitative estimate of drug-likeness (QED) is 0.433. The first-order valence-corrected chi connectivity index (χ1v) is 8.99. The predicted molar refractivity (Wildman–Crippen MR) is 107 cm³/mol. The van der Waals surface area contributed by atoms with Crippen LogP contribution in [0.4, 0.5) is 4.39 Å². The Labute approximate surface area is 156 Å². The van der Waals surface area contributed by atoms with Gasteiger partial charge >= 0.3 is 0 Å². The van der Waals surface area contributed by atoms with E-state index in [0.29, 0.717) is 18.7 Å². The van der Waals surface area contributed by atoms with Gasteiger partial charge in [0.15, 0.2) is 5.96 Å². The number of aliphatic imine (C=N–C) groups is 1. The van der Waals surface area contributed by atoms with Crippen LogP contribution in [-0.2, 0) is 19.5 Å². The third kappa shape index (κ3) is 6.84. The number of nitrogens with zero attached hydrogens (tertiary/aromatic N) is 2. The van der Waals surface area contributed by atoms with Crippen molar-refractivity contribution in [2.75, 3.05) is 27.7 Å². The molecule has 2 aromatic carbocycles. The lowest BCUT2D eigenvalue weighted by atomic mass is 10.1. The van der Waals surface area contributed by atoms with E-state index in [1.165, 1.54) is 11.6 Å². The van der Waals surface area contributed by atoms with E-state index < -0.39 is 0 Å². The Balaban J connectivity index is 1.77. The van der Waals surface area contributed by atoms with E-state index in [9.17, 15) is 4.39 Å². The second-order valence-electron chi connectivity index (χ2n) is 6.61. The molecule has 0 unspecified atom stereocenters. The lowest BCUT2D eigenvalue weighted by Gasteiger charge is -2.14. The first kappa shape index (κ1) is 19.9. The molecule has 0 saturated heterocycles. The summed E-state index contributed by atoms with van der Waals surface area (Å²) < 4.78 is 13.9. The molecule has 0 heterocycles. The molecule has 0 aliphatic rings. The minimum atomic E-state index is -0.161. The van der Waals surface area contributed by atoms with Crippen molar-refractivity contribution in [2.24, 2.45) is 4.99 Å². The minimum Gasteiger partial charge on any atom is -0.356 e. The Morgan fingerprint density at radius 3 is 2.50 bits per heavy atom. The van der Waals surface area contributed by atoms with Crippen LogP contribution < -0.4 is 10.6 Å². The molecule has 0 amide bonds. The van der Waals surface area contributed by atoms with E-state index >= 15 is 0 Å². The fraction of sp³-hybridized carbons (Fsp3) is 0.381. The first-order chi connectivity index (χ1) is 12.6. The van der Waals surface area contributed by atoms with Crippen LogP contribution in [0.15, 0.2) is 53.5 Å². The summed E-state index contributed by atoms with van der Waals surface area (Å²) in [5, 5.41) is 6.61. The van der Waals surface area contributed by atoms with E-state index in [0.717, 1.165) is 30.9 Å². The number of guanidine groups is 1. The Bertz CT molecular complexity index is 698. The second kappa shape index (κ2) is 10.6. The number of hydrogen-bond acceptors (Lipinski definition) is 2. The zero-order chi connectivity index (χ0) is 18.8. The summed E-state index contributed by atoms with van der Waals surface area (Å²) in [6.07, 6.45) is 2.07. The van der Waals surface area contributed by atoms with E-state index in [1.807, 2.05) is 37.2 Å². The molecule has 5 heteroatoms. The van der Waals surface area contributed by atoms with Gasteiger partial charge in [-0.15, -0.1) is 0 Å². The molecule has 0 aliphatic carbocycles. The number of rotatable bonds is 8. The van der Waals surface area contributed by atoms with Crippen LogP contribution in [0.5, 0.6) is 0 Å². The molecule has 2 N–H and O–H groups in total. The van der Waals surface area contributed by atoms with Gasteiger partial charge in [0.05, 0.1) is 0 Å². The van der Waals surface area contributed by atoms with Crippen molar-refractivity contribution in [2.45, 2.75) is 25.9 Å².